The standard InChI is InChI=1S/C28H43N3O8/c1-15(2)21-19(25(31-30-21)39-26-24(35)23(34)22(33)20(14-32)38-26)13-17-8-9-18(12-16(17)3)37-11-7-6-10-28(4,5)27(29)36/h8-9,12,15,20,22-24,26,32-35H,6-7,10-11,13-14H2,1-5H3,(H2,29,36)(H,30,31)/t20-,22+,23+,24-,26+/m1/s1. The molecule has 0 unspecified atom stereocenters. The molecule has 11 nitrogen and oxygen atoms in total. The second-order valence-electron chi connectivity index (χ2n) is 11.2. The van der Waals surface area contributed by atoms with Gasteiger partial charge < -0.3 is 40.4 Å². The molecule has 39 heavy (non-hydrogen) atoms. The maximum absolute atomic E-state index is 11.5. The van der Waals surface area contributed by atoms with E-state index in [4.69, 9.17) is 19.9 Å². The molecule has 1 amide bonds. The number of amides is 1. The molecular weight excluding hydrogens is 506 g/mol. The van der Waals surface area contributed by atoms with Crippen LogP contribution in [0.2, 0.25) is 0 Å². The molecule has 0 spiro atoms. The number of nitrogens with two attached hydrogens (primary N) is 1. The summed E-state index contributed by atoms with van der Waals surface area (Å²) < 4.78 is 17.3. The lowest BCUT2D eigenvalue weighted by Gasteiger charge is -2.39. The number of benzene rings is 1. The zero-order valence-corrected chi connectivity index (χ0v) is 23.4. The summed E-state index contributed by atoms with van der Waals surface area (Å²) in [5.74, 6) is 0.762. The van der Waals surface area contributed by atoms with Gasteiger partial charge in [-0.05, 0) is 55.4 Å². The first-order valence-corrected chi connectivity index (χ1v) is 13.4. The molecule has 1 saturated heterocycles. The third kappa shape index (κ3) is 7.49. The fourth-order valence-electron chi connectivity index (χ4n) is 4.51. The molecule has 3 rings (SSSR count). The van der Waals surface area contributed by atoms with Crippen LogP contribution < -0.4 is 15.2 Å². The number of aromatic nitrogens is 2. The number of aryl methyl sites for hydroxylation is 1. The summed E-state index contributed by atoms with van der Waals surface area (Å²) in [5, 5.41) is 47.4. The molecule has 11 heteroatoms. The molecule has 0 saturated carbocycles. The number of hydrogen-bond acceptors (Lipinski definition) is 9. The van der Waals surface area contributed by atoms with Crippen molar-refractivity contribution in [3.8, 4) is 11.6 Å². The van der Waals surface area contributed by atoms with Gasteiger partial charge in [0, 0.05) is 23.1 Å². The van der Waals surface area contributed by atoms with Gasteiger partial charge in [0.1, 0.15) is 30.2 Å². The van der Waals surface area contributed by atoms with E-state index < -0.39 is 42.7 Å². The van der Waals surface area contributed by atoms with Gasteiger partial charge in [-0.2, -0.15) is 0 Å². The van der Waals surface area contributed by atoms with Crippen molar-refractivity contribution in [1.29, 1.82) is 0 Å². The number of aliphatic hydroxyl groups is 4. The molecule has 2 aromatic rings. The Bertz CT molecular complexity index is 1100. The number of H-pyrrole nitrogens is 1. The quantitative estimate of drug-likeness (QED) is 0.203. The maximum Gasteiger partial charge on any atom is 0.238 e. The highest BCUT2D eigenvalue weighted by Gasteiger charge is 2.45. The van der Waals surface area contributed by atoms with E-state index in [0.29, 0.717) is 19.4 Å². The van der Waals surface area contributed by atoms with Crippen LogP contribution in [-0.4, -0.2) is 80.5 Å². The Kier molecular flexibility index (Phi) is 10.4. The minimum absolute atomic E-state index is 0.0992. The number of aliphatic hydroxyl groups excluding tert-OH is 4. The van der Waals surface area contributed by atoms with Crippen molar-refractivity contribution < 1.29 is 39.4 Å². The van der Waals surface area contributed by atoms with E-state index in [1.807, 2.05) is 52.8 Å². The van der Waals surface area contributed by atoms with Crippen molar-refractivity contribution in [3.05, 3.63) is 40.6 Å². The van der Waals surface area contributed by atoms with E-state index >= 15 is 0 Å². The third-order valence-corrected chi connectivity index (χ3v) is 7.33. The van der Waals surface area contributed by atoms with Gasteiger partial charge in [-0.25, -0.2) is 0 Å². The summed E-state index contributed by atoms with van der Waals surface area (Å²) >= 11 is 0. The Morgan fingerprint density at radius 1 is 1.18 bits per heavy atom. The van der Waals surface area contributed by atoms with E-state index in [9.17, 15) is 25.2 Å². The van der Waals surface area contributed by atoms with Gasteiger partial charge in [0.2, 0.25) is 18.1 Å². The maximum atomic E-state index is 11.5. The van der Waals surface area contributed by atoms with E-state index in [1.165, 1.54) is 0 Å². The van der Waals surface area contributed by atoms with Crippen molar-refractivity contribution in [2.45, 2.75) is 96.9 Å². The normalized spacial score (nSPS) is 23.7. The number of aromatic amines is 1. The number of ether oxygens (including phenoxy) is 3. The summed E-state index contributed by atoms with van der Waals surface area (Å²) in [4.78, 5) is 11.5. The van der Waals surface area contributed by atoms with Gasteiger partial charge in [0.15, 0.2) is 0 Å². The van der Waals surface area contributed by atoms with Crippen molar-refractivity contribution >= 4 is 5.91 Å². The molecule has 0 radical (unpaired) electrons. The predicted molar refractivity (Wildman–Crippen MR) is 143 cm³/mol. The number of carbonyl (C=O) groups is 1. The van der Waals surface area contributed by atoms with Crippen LogP contribution in [0.3, 0.4) is 0 Å². The fourth-order valence-corrected chi connectivity index (χ4v) is 4.51. The van der Waals surface area contributed by atoms with Gasteiger partial charge >= 0.3 is 0 Å². The third-order valence-electron chi connectivity index (χ3n) is 7.33. The number of carbonyl (C=O) groups excluding carboxylic acids is 1. The highest BCUT2D eigenvalue weighted by Crippen LogP contribution is 2.32. The van der Waals surface area contributed by atoms with E-state index in [0.717, 1.165) is 41.0 Å². The molecule has 218 valence electrons. The van der Waals surface area contributed by atoms with Gasteiger partial charge in [-0.1, -0.05) is 33.8 Å². The molecule has 0 aliphatic carbocycles. The SMILES string of the molecule is Cc1cc(OCCCCC(C)(C)C(N)=O)ccc1Cc1c(O[C@@H]2O[C@H](CO)[C@H](O)[C@H](O)[C@H]2O)n[nH]c1C(C)C. The van der Waals surface area contributed by atoms with Gasteiger partial charge in [-0.3, -0.25) is 9.89 Å². The Hall–Kier alpha value is -2.70. The number of unbranched alkanes of at least 4 members (excludes halogenated alkanes) is 1. The lowest BCUT2D eigenvalue weighted by Crippen LogP contribution is -2.60. The molecule has 1 aromatic carbocycles. The molecule has 0 bridgehead atoms. The predicted octanol–water partition coefficient (Wildman–Crippen LogP) is 1.67. The van der Waals surface area contributed by atoms with Crippen LogP contribution in [0.15, 0.2) is 18.2 Å². The first-order valence-electron chi connectivity index (χ1n) is 13.4. The molecular formula is C28H43N3O8. The van der Waals surface area contributed by atoms with Crippen LogP contribution in [0.4, 0.5) is 0 Å². The van der Waals surface area contributed by atoms with Crippen molar-refractivity contribution in [2.75, 3.05) is 13.2 Å². The van der Waals surface area contributed by atoms with Crippen LogP contribution in [-0.2, 0) is 16.0 Å². The largest absolute Gasteiger partial charge is 0.494 e. The van der Waals surface area contributed by atoms with Crippen molar-refractivity contribution in [1.82, 2.24) is 10.2 Å². The van der Waals surface area contributed by atoms with Crippen LogP contribution in [0.5, 0.6) is 11.6 Å². The number of rotatable bonds is 13. The zero-order chi connectivity index (χ0) is 28.9. The number of nitrogens with zero attached hydrogens (tertiary/aromatic N) is 1. The summed E-state index contributed by atoms with van der Waals surface area (Å²) in [6.45, 7) is 9.71. The molecule has 7 N–H and O–H groups in total. The lowest BCUT2D eigenvalue weighted by molar-refractivity contribution is -0.278. The summed E-state index contributed by atoms with van der Waals surface area (Å²) in [7, 11) is 0. The first kappa shape index (κ1) is 30.8. The summed E-state index contributed by atoms with van der Waals surface area (Å²) in [6, 6.07) is 5.86. The van der Waals surface area contributed by atoms with Crippen LogP contribution >= 0.6 is 0 Å². The van der Waals surface area contributed by atoms with E-state index in [2.05, 4.69) is 10.2 Å². The number of primary amides is 1. The fraction of sp³-hybridized carbons (Fsp3) is 0.643. The lowest BCUT2D eigenvalue weighted by atomic mass is 9.86. The van der Waals surface area contributed by atoms with E-state index in [-0.39, 0.29) is 17.7 Å². The minimum Gasteiger partial charge on any atom is -0.494 e. The number of nitrogens with one attached hydrogen (secondary N) is 1. The molecule has 1 aliphatic heterocycles. The topological polar surface area (TPSA) is 180 Å². The molecule has 1 fully saturated rings. The van der Waals surface area contributed by atoms with Crippen LogP contribution in [0.25, 0.3) is 0 Å². The molecule has 1 aliphatic rings. The average Bonchev–Trinajstić information content (AvgIpc) is 3.27. The summed E-state index contributed by atoms with van der Waals surface area (Å²) in [5.41, 5.74) is 8.57. The highest BCUT2D eigenvalue weighted by molar-refractivity contribution is 5.79. The number of hydrogen-bond donors (Lipinski definition) is 6. The molecule has 2 heterocycles. The first-order chi connectivity index (χ1) is 18.4. The summed E-state index contributed by atoms with van der Waals surface area (Å²) in [6.07, 6.45) is -4.12. The second kappa shape index (κ2) is 13.1. The Morgan fingerprint density at radius 2 is 1.90 bits per heavy atom. The van der Waals surface area contributed by atoms with Crippen LogP contribution in [0.1, 0.15) is 75.3 Å². The van der Waals surface area contributed by atoms with Gasteiger partial charge in [0.25, 0.3) is 0 Å². The monoisotopic (exact) mass is 549 g/mol. The molecule has 5 atom stereocenters. The Balaban J connectivity index is 1.68. The van der Waals surface area contributed by atoms with Gasteiger partial charge in [0.05, 0.1) is 13.2 Å². The smallest absolute Gasteiger partial charge is 0.238 e. The van der Waals surface area contributed by atoms with Crippen molar-refractivity contribution in [2.24, 2.45) is 11.1 Å². The Morgan fingerprint density at radius 3 is 2.51 bits per heavy atom. The van der Waals surface area contributed by atoms with Crippen LogP contribution in [0, 0.1) is 12.3 Å². The van der Waals surface area contributed by atoms with Gasteiger partial charge in [-0.15, -0.1) is 5.10 Å². The minimum atomic E-state index is -1.54. The highest BCUT2D eigenvalue weighted by atomic mass is 16.7. The van der Waals surface area contributed by atoms with E-state index in [1.54, 1.807) is 0 Å². The zero-order valence-electron chi connectivity index (χ0n) is 23.4. The van der Waals surface area contributed by atoms with Crippen molar-refractivity contribution in [3.63, 3.8) is 0 Å². The average molecular weight is 550 g/mol. The Labute approximate surface area is 229 Å². The molecule has 1 aromatic heterocycles. The second-order valence-corrected chi connectivity index (χ2v) is 11.2.